The first-order valence-electron chi connectivity index (χ1n) is 9.43. The molecule has 10 nitrogen and oxygen atoms in total. The van der Waals surface area contributed by atoms with E-state index in [-0.39, 0.29) is 35.3 Å². The fourth-order valence-corrected chi connectivity index (χ4v) is 3.60. The zero-order valence-electron chi connectivity index (χ0n) is 16.0. The minimum absolute atomic E-state index is 0.0138. The summed E-state index contributed by atoms with van der Waals surface area (Å²) in [7, 11) is 1.99. The third kappa shape index (κ3) is 4.82. The maximum absolute atomic E-state index is 12.5. The second-order valence-corrected chi connectivity index (χ2v) is 7.11. The maximum atomic E-state index is 12.5. The Labute approximate surface area is 163 Å². The number of hydrogen-bond donors (Lipinski definition) is 2. The Hall–Kier alpha value is -2.59. The summed E-state index contributed by atoms with van der Waals surface area (Å²) < 4.78 is 5.29. The smallest absolute Gasteiger partial charge is 0.271 e. The van der Waals surface area contributed by atoms with E-state index in [0.29, 0.717) is 39.3 Å². The van der Waals surface area contributed by atoms with Crippen LogP contribution < -0.4 is 11.1 Å². The number of carbonyl (C=O) groups is 3. The lowest BCUT2D eigenvalue weighted by atomic mass is 10.1. The van der Waals surface area contributed by atoms with Crippen molar-refractivity contribution in [2.45, 2.75) is 31.3 Å². The molecule has 28 heavy (non-hydrogen) atoms. The van der Waals surface area contributed by atoms with Gasteiger partial charge >= 0.3 is 0 Å². The average Bonchev–Trinajstić information content (AvgIpc) is 3.06. The van der Waals surface area contributed by atoms with Gasteiger partial charge in [0.1, 0.15) is 11.4 Å². The number of hydrogen-bond acceptors (Lipinski definition) is 7. The van der Waals surface area contributed by atoms with Gasteiger partial charge in [0.25, 0.3) is 11.8 Å². The van der Waals surface area contributed by atoms with Gasteiger partial charge in [-0.25, -0.2) is 9.97 Å². The highest BCUT2D eigenvalue weighted by atomic mass is 16.5. The fraction of sp³-hybridized carbons (Fsp3) is 0.611. The van der Waals surface area contributed by atoms with Gasteiger partial charge in [0.05, 0.1) is 25.6 Å². The summed E-state index contributed by atoms with van der Waals surface area (Å²) in [4.78, 5) is 47.5. The summed E-state index contributed by atoms with van der Waals surface area (Å²) in [6.45, 7) is 2.97. The minimum Gasteiger partial charge on any atom is -0.378 e. The van der Waals surface area contributed by atoms with E-state index in [1.165, 1.54) is 12.4 Å². The lowest BCUT2D eigenvalue weighted by Crippen LogP contribution is -2.45. The second-order valence-electron chi connectivity index (χ2n) is 7.11. The van der Waals surface area contributed by atoms with Crippen LogP contribution in [0.25, 0.3) is 0 Å². The Morgan fingerprint density at radius 1 is 1.14 bits per heavy atom. The van der Waals surface area contributed by atoms with E-state index in [0.717, 1.165) is 12.8 Å². The molecule has 152 valence electrons. The predicted molar refractivity (Wildman–Crippen MR) is 99.5 cm³/mol. The molecule has 3 N–H and O–H groups in total. The monoisotopic (exact) mass is 390 g/mol. The van der Waals surface area contributed by atoms with Crippen molar-refractivity contribution in [2.24, 2.45) is 5.73 Å². The van der Waals surface area contributed by atoms with Crippen LogP contribution in [0.4, 0.5) is 0 Å². The van der Waals surface area contributed by atoms with Crippen LogP contribution in [0.15, 0.2) is 12.4 Å². The van der Waals surface area contributed by atoms with Gasteiger partial charge in [-0.1, -0.05) is 0 Å². The number of nitrogens with two attached hydrogens (primary N) is 1. The number of likely N-dealkylation sites (tertiary alicyclic amines) is 1. The van der Waals surface area contributed by atoms with Gasteiger partial charge in [-0.3, -0.25) is 19.3 Å². The first-order chi connectivity index (χ1) is 13.5. The van der Waals surface area contributed by atoms with Crippen LogP contribution in [0.1, 0.15) is 40.2 Å². The van der Waals surface area contributed by atoms with Crippen LogP contribution in [-0.4, -0.2) is 89.5 Å². The van der Waals surface area contributed by atoms with Crippen molar-refractivity contribution in [1.82, 2.24) is 25.1 Å². The number of aromatic nitrogens is 2. The van der Waals surface area contributed by atoms with Crippen LogP contribution in [0.3, 0.4) is 0 Å². The number of ether oxygens (including phenoxy) is 1. The van der Waals surface area contributed by atoms with Crippen molar-refractivity contribution in [1.29, 1.82) is 0 Å². The Morgan fingerprint density at radius 2 is 1.79 bits per heavy atom. The third-order valence-electron chi connectivity index (χ3n) is 5.39. The van der Waals surface area contributed by atoms with Gasteiger partial charge in [-0.2, -0.15) is 0 Å². The van der Waals surface area contributed by atoms with E-state index in [1.54, 1.807) is 0 Å². The highest BCUT2D eigenvalue weighted by Crippen LogP contribution is 2.25. The number of nitrogens with zero attached hydrogens (tertiary/aromatic N) is 4. The number of nitrogens with one attached hydrogen (secondary N) is 1. The molecule has 1 aromatic rings. The van der Waals surface area contributed by atoms with E-state index in [9.17, 15) is 14.4 Å². The van der Waals surface area contributed by atoms with Gasteiger partial charge in [-0.15, -0.1) is 0 Å². The van der Waals surface area contributed by atoms with Gasteiger partial charge < -0.3 is 20.7 Å². The molecule has 0 aromatic carbocycles. The lowest BCUT2D eigenvalue weighted by Gasteiger charge is -2.30. The highest BCUT2D eigenvalue weighted by Gasteiger charge is 2.33. The molecular weight excluding hydrogens is 364 g/mol. The van der Waals surface area contributed by atoms with Crippen molar-refractivity contribution in [3.05, 3.63) is 23.8 Å². The van der Waals surface area contributed by atoms with Gasteiger partial charge in [0, 0.05) is 38.1 Å². The molecule has 0 radical (unpaired) electrons. The zero-order chi connectivity index (χ0) is 20.1. The van der Waals surface area contributed by atoms with E-state index in [1.807, 2.05) is 11.9 Å². The van der Waals surface area contributed by atoms with Crippen molar-refractivity contribution in [3.63, 3.8) is 0 Å². The third-order valence-corrected chi connectivity index (χ3v) is 5.39. The molecule has 3 amide bonds. The molecule has 2 aliphatic rings. The van der Waals surface area contributed by atoms with Gasteiger partial charge in [0.15, 0.2) is 0 Å². The van der Waals surface area contributed by atoms with E-state index in [4.69, 9.17) is 10.5 Å². The molecule has 0 saturated carbocycles. The summed E-state index contributed by atoms with van der Waals surface area (Å²) in [6, 6.07) is 0.330. The van der Waals surface area contributed by atoms with Crippen LogP contribution >= 0.6 is 0 Å². The maximum Gasteiger partial charge on any atom is 0.271 e. The molecule has 3 heterocycles. The van der Waals surface area contributed by atoms with Gasteiger partial charge in [0.2, 0.25) is 5.91 Å². The first kappa shape index (κ1) is 20.2. The minimum atomic E-state index is -0.690. The summed E-state index contributed by atoms with van der Waals surface area (Å²) in [5.74, 6) is -0.885. The standard InChI is InChI=1S/C18H26N6O4/c1-23-12(8-16(25)24-4-6-28-7-5-24)2-3-13(23)9-22-18(27)15-11-20-14(10-21-15)17(19)26/h10-13H,2-9H2,1H3,(H2,19,26)(H,22,27)/t12-,13+/m1/s1. The van der Waals surface area contributed by atoms with E-state index in [2.05, 4.69) is 20.2 Å². The van der Waals surface area contributed by atoms with Crippen molar-refractivity contribution in [3.8, 4) is 0 Å². The molecule has 2 aliphatic heterocycles. The van der Waals surface area contributed by atoms with Crippen LogP contribution in [0.2, 0.25) is 0 Å². The Morgan fingerprint density at radius 3 is 2.43 bits per heavy atom. The molecule has 3 rings (SSSR count). The van der Waals surface area contributed by atoms with Crippen molar-refractivity contribution >= 4 is 17.7 Å². The lowest BCUT2D eigenvalue weighted by molar-refractivity contribution is -0.136. The Balaban J connectivity index is 1.46. The zero-order valence-corrected chi connectivity index (χ0v) is 16.0. The second kappa shape index (κ2) is 9.07. The normalized spacial score (nSPS) is 22.8. The molecule has 0 spiro atoms. The molecule has 0 bridgehead atoms. The molecular formula is C18H26N6O4. The Bertz CT molecular complexity index is 719. The summed E-state index contributed by atoms with van der Waals surface area (Å²) in [5, 5.41) is 2.85. The summed E-state index contributed by atoms with van der Waals surface area (Å²) >= 11 is 0. The molecule has 2 fully saturated rings. The van der Waals surface area contributed by atoms with Crippen LogP contribution in [0, 0.1) is 0 Å². The fourth-order valence-electron chi connectivity index (χ4n) is 3.60. The molecule has 2 atom stereocenters. The molecule has 2 saturated heterocycles. The van der Waals surface area contributed by atoms with Crippen molar-refractivity contribution in [2.75, 3.05) is 39.9 Å². The van der Waals surface area contributed by atoms with E-state index >= 15 is 0 Å². The highest BCUT2D eigenvalue weighted by molar-refractivity contribution is 5.93. The number of likely N-dealkylation sites (N-methyl/N-ethyl adjacent to an activating group) is 1. The van der Waals surface area contributed by atoms with Crippen molar-refractivity contribution < 1.29 is 19.1 Å². The van der Waals surface area contributed by atoms with E-state index < -0.39 is 5.91 Å². The number of amides is 3. The predicted octanol–water partition coefficient (Wildman–Crippen LogP) is -0.983. The topological polar surface area (TPSA) is 131 Å². The molecule has 10 heteroatoms. The summed E-state index contributed by atoms with van der Waals surface area (Å²) in [6.07, 6.45) is 4.73. The van der Waals surface area contributed by atoms with Crippen LogP contribution in [-0.2, 0) is 9.53 Å². The SMILES string of the molecule is CN1[C@@H](CC(=O)N2CCOCC2)CC[C@H]1CNC(=O)c1cnc(C(N)=O)cn1. The molecule has 0 aliphatic carbocycles. The number of primary amides is 1. The average molecular weight is 390 g/mol. The largest absolute Gasteiger partial charge is 0.378 e. The number of morpholine rings is 1. The van der Waals surface area contributed by atoms with Crippen LogP contribution in [0.5, 0.6) is 0 Å². The molecule has 0 unspecified atom stereocenters. The van der Waals surface area contributed by atoms with Gasteiger partial charge in [-0.05, 0) is 19.9 Å². The first-order valence-corrected chi connectivity index (χ1v) is 9.43. The molecule has 1 aromatic heterocycles. The Kier molecular flexibility index (Phi) is 6.53. The number of rotatable bonds is 6. The number of carbonyl (C=O) groups excluding carboxylic acids is 3. The summed E-state index contributed by atoms with van der Waals surface area (Å²) in [5.41, 5.74) is 5.25. The quantitative estimate of drug-likeness (QED) is 0.638.